The number of rotatable bonds is 5. The molecular weight excluding hydrogens is 188 g/mol. The van der Waals surface area contributed by atoms with Gasteiger partial charge in [0.2, 0.25) is 0 Å². The number of nitrogens with zero attached hydrogens (tertiary/aromatic N) is 2. The molecule has 0 unspecified atom stereocenters. The van der Waals surface area contributed by atoms with E-state index in [4.69, 9.17) is 10.1 Å². The van der Waals surface area contributed by atoms with Crippen molar-refractivity contribution in [2.24, 2.45) is 5.16 Å². The second kappa shape index (κ2) is 6.39. The normalized spacial score (nSPS) is 9.80. The number of nitriles is 1. The largest absolute Gasteiger partial charge is 0.395 e. The van der Waals surface area contributed by atoms with Crippen molar-refractivity contribution in [1.29, 1.82) is 5.26 Å². The molecule has 0 aromatic heterocycles. The van der Waals surface area contributed by atoms with Gasteiger partial charge in [0.15, 0.2) is 0 Å². The maximum atomic E-state index is 8.77. The summed E-state index contributed by atoms with van der Waals surface area (Å²) in [5.74, 6) is 0. The Morgan fingerprint density at radius 3 is 2.80 bits per heavy atom. The third-order valence-corrected chi connectivity index (χ3v) is 1.69. The molecule has 0 bridgehead atoms. The van der Waals surface area contributed by atoms with Crippen molar-refractivity contribution in [3.63, 3.8) is 0 Å². The molecule has 0 atom stereocenters. The summed E-state index contributed by atoms with van der Waals surface area (Å²) in [7, 11) is 0. The van der Waals surface area contributed by atoms with Crippen molar-refractivity contribution in [3.8, 4) is 6.07 Å². The van der Waals surface area contributed by atoms with Gasteiger partial charge in [-0.3, -0.25) is 0 Å². The summed E-state index contributed by atoms with van der Waals surface area (Å²) in [4.78, 5) is 4.91. The maximum Gasteiger partial charge on any atom is 0.141 e. The zero-order valence-corrected chi connectivity index (χ0v) is 8.31. The third kappa shape index (κ3) is 3.65. The molecule has 0 N–H and O–H groups in total. The predicted octanol–water partition coefficient (Wildman–Crippen LogP) is 2.36. The second-order valence-electron chi connectivity index (χ2n) is 2.77. The zero-order chi connectivity index (χ0) is 10.9. The minimum absolute atomic E-state index is 0.477. The van der Waals surface area contributed by atoms with E-state index in [2.05, 4.69) is 24.0 Å². The van der Waals surface area contributed by atoms with Crippen LogP contribution in [0.5, 0.6) is 0 Å². The summed E-state index contributed by atoms with van der Waals surface area (Å²) < 4.78 is 0. The van der Waals surface area contributed by atoms with E-state index < -0.39 is 0 Å². The van der Waals surface area contributed by atoms with Gasteiger partial charge in [-0.15, -0.1) is 6.58 Å². The smallest absolute Gasteiger partial charge is 0.141 e. The first-order valence-electron chi connectivity index (χ1n) is 4.56. The lowest BCUT2D eigenvalue weighted by Crippen LogP contribution is -1.90. The standard InChI is InChI=1S/C12H11N2O/c1-2-3-8-15-14-10-12-7-5-4-6-11(12)9-13/h2,4-7H,1,3,8H2. The van der Waals surface area contributed by atoms with Crippen LogP contribution in [0.3, 0.4) is 0 Å². The molecule has 15 heavy (non-hydrogen) atoms. The quantitative estimate of drug-likeness (QED) is 0.316. The Kier molecular flexibility index (Phi) is 4.68. The van der Waals surface area contributed by atoms with E-state index in [9.17, 15) is 0 Å². The molecule has 1 aromatic rings. The molecule has 1 radical (unpaired) electrons. The van der Waals surface area contributed by atoms with Crippen LogP contribution < -0.4 is 0 Å². The molecule has 0 amide bonds. The van der Waals surface area contributed by atoms with Crippen molar-refractivity contribution in [2.75, 3.05) is 6.61 Å². The van der Waals surface area contributed by atoms with Crippen LogP contribution in [0.4, 0.5) is 0 Å². The lowest BCUT2D eigenvalue weighted by atomic mass is 10.1. The Balaban J connectivity index is 2.56. The SMILES string of the molecule is C=CCCON=[C]c1ccccc1C#N. The number of benzene rings is 1. The first-order valence-corrected chi connectivity index (χ1v) is 4.56. The highest BCUT2D eigenvalue weighted by Gasteiger charge is 1.96. The molecule has 0 heterocycles. The third-order valence-electron chi connectivity index (χ3n) is 1.69. The molecule has 0 spiro atoms. The van der Waals surface area contributed by atoms with Gasteiger partial charge in [0.05, 0.1) is 11.6 Å². The summed E-state index contributed by atoms with van der Waals surface area (Å²) >= 11 is 0. The van der Waals surface area contributed by atoms with Gasteiger partial charge >= 0.3 is 0 Å². The molecule has 3 heteroatoms. The fourth-order valence-corrected chi connectivity index (χ4v) is 0.941. The van der Waals surface area contributed by atoms with E-state index in [0.29, 0.717) is 17.7 Å². The van der Waals surface area contributed by atoms with Gasteiger partial charge in [-0.1, -0.05) is 29.4 Å². The van der Waals surface area contributed by atoms with Gasteiger partial charge in [0, 0.05) is 12.0 Å². The topological polar surface area (TPSA) is 45.4 Å². The Morgan fingerprint density at radius 1 is 1.40 bits per heavy atom. The Morgan fingerprint density at radius 2 is 2.13 bits per heavy atom. The van der Waals surface area contributed by atoms with E-state index in [0.717, 1.165) is 6.42 Å². The molecule has 0 aliphatic rings. The van der Waals surface area contributed by atoms with Crippen LogP contribution in [0.1, 0.15) is 17.5 Å². The van der Waals surface area contributed by atoms with Crippen molar-refractivity contribution in [1.82, 2.24) is 0 Å². The summed E-state index contributed by atoms with van der Waals surface area (Å²) in [6.07, 6.45) is 5.16. The molecule has 0 aliphatic heterocycles. The fourth-order valence-electron chi connectivity index (χ4n) is 0.941. The highest BCUT2D eigenvalue weighted by Crippen LogP contribution is 2.04. The van der Waals surface area contributed by atoms with E-state index in [-0.39, 0.29) is 0 Å². The Bertz CT molecular complexity index is 391. The van der Waals surface area contributed by atoms with Crippen molar-refractivity contribution < 1.29 is 4.84 Å². The van der Waals surface area contributed by atoms with Crippen LogP contribution >= 0.6 is 0 Å². The first-order chi connectivity index (χ1) is 7.38. The lowest BCUT2D eigenvalue weighted by Gasteiger charge is -1.95. The predicted molar refractivity (Wildman–Crippen MR) is 58.5 cm³/mol. The van der Waals surface area contributed by atoms with Crippen LogP contribution in [0.15, 0.2) is 42.1 Å². The molecule has 75 valence electrons. The van der Waals surface area contributed by atoms with Gasteiger partial charge in [-0.05, 0) is 6.07 Å². The molecule has 1 aromatic carbocycles. The first kappa shape index (κ1) is 11.0. The minimum atomic E-state index is 0.477. The summed E-state index contributed by atoms with van der Waals surface area (Å²) in [6, 6.07) is 9.14. The molecule has 0 aliphatic carbocycles. The van der Waals surface area contributed by atoms with E-state index in [1.807, 2.05) is 6.07 Å². The van der Waals surface area contributed by atoms with Crippen LogP contribution in [0, 0.1) is 11.3 Å². The maximum absolute atomic E-state index is 8.77. The number of hydrogen-bond acceptors (Lipinski definition) is 3. The van der Waals surface area contributed by atoms with E-state index in [1.54, 1.807) is 24.3 Å². The van der Waals surface area contributed by atoms with Gasteiger partial charge in [0.1, 0.15) is 12.8 Å². The summed E-state index contributed by atoms with van der Waals surface area (Å²) in [5, 5.41) is 12.4. The molecular formula is C12H11N2O. The fraction of sp³-hybridized carbons (Fsp3) is 0.167. The van der Waals surface area contributed by atoms with Crippen LogP contribution in [-0.2, 0) is 4.84 Å². The summed E-state index contributed by atoms with van der Waals surface area (Å²) in [5.41, 5.74) is 1.17. The Hall–Kier alpha value is -2.08. The van der Waals surface area contributed by atoms with E-state index >= 15 is 0 Å². The van der Waals surface area contributed by atoms with Crippen LogP contribution in [-0.4, -0.2) is 12.8 Å². The average molecular weight is 199 g/mol. The van der Waals surface area contributed by atoms with Crippen LogP contribution in [0.25, 0.3) is 0 Å². The van der Waals surface area contributed by atoms with E-state index in [1.165, 1.54) is 0 Å². The minimum Gasteiger partial charge on any atom is -0.395 e. The van der Waals surface area contributed by atoms with Gasteiger partial charge in [-0.25, -0.2) is 0 Å². The van der Waals surface area contributed by atoms with Gasteiger partial charge < -0.3 is 4.84 Å². The monoisotopic (exact) mass is 199 g/mol. The van der Waals surface area contributed by atoms with Crippen molar-refractivity contribution in [2.45, 2.75) is 6.42 Å². The van der Waals surface area contributed by atoms with Gasteiger partial charge in [0.25, 0.3) is 0 Å². The molecule has 0 saturated carbocycles. The molecule has 0 saturated heterocycles. The highest BCUT2D eigenvalue weighted by molar-refractivity contribution is 5.82. The number of hydrogen-bond donors (Lipinski definition) is 0. The average Bonchev–Trinajstić information content (AvgIpc) is 2.29. The Labute approximate surface area is 89.3 Å². The molecule has 1 rings (SSSR count). The molecule has 0 fully saturated rings. The molecule has 3 nitrogen and oxygen atoms in total. The van der Waals surface area contributed by atoms with Crippen molar-refractivity contribution in [3.05, 3.63) is 48.0 Å². The van der Waals surface area contributed by atoms with Crippen LogP contribution in [0.2, 0.25) is 0 Å². The highest BCUT2D eigenvalue weighted by atomic mass is 16.6. The second-order valence-corrected chi connectivity index (χ2v) is 2.77. The van der Waals surface area contributed by atoms with Gasteiger partial charge in [-0.2, -0.15) is 5.26 Å². The lowest BCUT2D eigenvalue weighted by molar-refractivity contribution is 0.151. The van der Waals surface area contributed by atoms with Crippen molar-refractivity contribution >= 4 is 6.21 Å². The zero-order valence-electron chi connectivity index (χ0n) is 8.31. The summed E-state index contributed by atoms with van der Waals surface area (Å²) in [6.45, 7) is 4.04.